The Bertz CT molecular complexity index is 453. The molecule has 0 aliphatic carbocycles. The van der Waals surface area contributed by atoms with Crippen molar-refractivity contribution in [3.8, 4) is 0 Å². The monoisotopic (exact) mass is 260 g/mol. The van der Waals surface area contributed by atoms with E-state index in [-0.39, 0.29) is 5.84 Å². The quantitative estimate of drug-likeness (QED) is 0.646. The van der Waals surface area contributed by atoms with E-state index in [2.05, 4.69) is 16.8 Å². The summed E-state index contributed by atoms with van der Waals surface area (Å²) in [5.41, 5.74) is 7.47. The Balaban J connectivity index is 2.37. The molecule has 104 valence electrons. The van der Waals surface area contributed by atoms with Gasteiger partial charge in [0.05, 0.1) is 5.56 Å². The lowest BCUT2D eigenvalue weighted by atomic mass is 9.97. The van der Waals surface area contributed by atoms with Crippen molar-refractivity contribution in [2.45, 2.75) is 52.0 Å². The van der Waals surface area contributed by atoms with Gasteiger partial charge in [-0.2, -0.15) is 0 Å². The largest absolute Gasteiger partial charge is 0.384 e. The van der Waals surface area contributed by atoms with Crippen molar-refractivity contribution in [3.63, 3.8) is 0 Å². The fourth-order valence-electron chi connectivity index (χ4n) is 2.88. The predicted molar refractivity (Wildman–Crippen MR) is 79.9 cm³/mol. The number of aromatic nitrogens is 1. The van der Waals surface area contributed by atoms with Crippen LogP contribution in [0.1, 0.15) is 50.3 Å². The van der Waals surface area contributed by atoms with Gasteiger partial charge in [-0.1, -0.05) is 13.3 Å². The predicted octanol–water partition coefficient (Wildman–Crippen LogP) is 2.83. The first-order chi connectivity index (χ1) is 9.13. The summed E-state index contributed by atoms with van der Waals surface area (Å²) in [6, 6.07) is 4.41. The molecule has 1 aromatic heterocycles. The molecule has 3 N–H and O–H groups in total. The third-order valence-corrected chi connectivity index (χ3v) is 3.83. The molecule has 1 aliphatic rings. The van der Waals surface area contributed by atoms with Crippen molar-refractivity contribution < 1.29 is 0 Å². The van der Waals surface area contributed by atoms with Gasteiger partial charge < -0.3 is 10.6 Å². The minimum absolute atomic E-state index is 0.114. The van der Waals surface area contributed by atoms with Gasteiger partial charge in [-0.15, -0.1) is 0 Å². The molecule has 0 amide bonds. The molecule has 1 fully saturated rings. The van der Waals surface area contributed by atoms with Crippen LogP contribution in [0.4, 0.5) is 5.82 Å². The smallest absolute Gasteiger partial charge is 0.140 e. The van der Waals surface area contributed by atoms with Gasteiger partial charge in [0, 0.05) is 18.3 Å². The highest BCUT2D eigenvalue weighted by Gasteiger charge is 2.25. The third kappa shape index (κ3) is 3.06. The van der Waals surface area contributed by atoms with Crippen LogP contribution in [0, 0.1) is 12.3 Å². The van der Waals surface area contributed by atoms with Gasteiger partial charge in [0.25, 0.3) is 0 Å². The summed E-state index contributed by atoms with van der Waals surface area (Å²) in [6.07, 6.45) is 6.09. The Kier molecular flexibility index (Phi) is 4.40. The van der Waals surface area contributed by atoms with Gasteiger partial charge >= 0.3 is 0 Å². The maximum absolute atomic E-state index is 7.74. The second-order valence-corrected chi connectivity index (χ2v) is 5.37. The van der Waals surface area contributed by atoms with E-state index in [0.29, 0.717) is 6.04 Å². The lowest BCUT2D eigenvalue weighted by Crippen LogP contribution is -2.41. The molecule has 0 radical (unpaired) electrons. The number of hydrogen-bond acceptors (Lipinski definition) is 3. The van der Waals surface area contributed by atoms with E-state index in [9.17, 15) is 0 Å². The molecule has 0 saturated carbocycles. The van der Waals surface area contributed by atoms with E-state index in [4.69, 9.17) is 11.1 Å². The molecule has 1 aromatic rings. The van der Waals surface area contributed by atoms with Crippen LogP contribution in [-0.4, -0.2) is 23.4 Å². The number of hydrogen-bond donors (Lipinski definition) is 2. The first kappa shape index (κ1) is 13.8. The molecule has 0 aromatic carbocycles. The summed E-state index contributed by atoms with van der Waals surface area (Å²) in [6.45, 7) is 5.25. The first-order valence-corrected chi connectivity index (χ1v) is 7.22. The number of nitrogens with one attached hydrogen (secondary N) is 1. The Morgan fingerprint density at radius 2 is 2.26 bits per heavy atom. The second-order valence-electron chi connectivity index (χ2n) is 5.37. The zero-order chi connectivity index (χ0) is 13.8. The van der Waals surface area contributed by atoms with Crippen molar-refractivity contribution in [2.75, 3.05) is 11.4 Å². The SMILES string of the molecule is CCCC1CCCCN1c1nc(C)ccc1C(=N)N. The number of piperidine rings is 1. The van der Waals surface area contributed by atoms with Crippen LogP contribution in [0.3, 0.4) is 0 Å². The van der Waals surface area contributed by atoms with E-state index < -0.39 is 0 Å². The van der Waals surface area contributed by atoms with Gasteiger partial charge in [-0.25, -0.2) is 4.98 Å². The topological polar surface area (TPSA) is 66.0 Å². The molecule has 1 unspecified atom stereocenters. The molecule has 19 heavy (non-hydrogen) atoms. The standard InChI is InChI=1S/C15H24N4/c1-3-6-12-7-4-5-10-19(12)15-13(14(16)17)9-8-11(2)18-15/h8-9,12H,3-7,10H2,1-2H3,(H3,16,17). The van der Waals surface area contributed by atoms with Crippen molar-refractivity contribution in [3.05, 3.63) is 23.4 Å². The van der Waals surface area contributed by atoms with Crippen LogP contribution in [0.25, 0.3) is 0 Å². The number of anilines is 1. The number of rotatable bonds is 4. The van der Waals surface area contributed by atoms with Crippen LogP contribution < -0.4 is 10.6 Å². The number of aryl methyl sites for hydroxylation is 1. The minimum atomic E-state index is 0.114. The van der Waals surface area contributed by atoms with Gasteiger partial charge in [0.2, 0.25) is 0 Å². The molecule has 0 spiro atoms. The van der Waals surface area contributed by atoms with Crippen LogP contribution >= 0.6 is 0 Å². The zero-order valence-corrected chi connectivity index (χ0v) is 11.9. The second kappa shape index (κ2) is 6.04. The molecular formula is C15H24N4. The van der Waals surface area contributed by atoms with Crippen molar-refractivity contribution >= 4 is 11.7 Å². The van der Waals surface area contributed by atoms with Crippen molar-refractivity contribution in [1.82, 2.24) is 4.98 Å². The highest BCUT2D eigenvalue weighted by atomic mass is 15.2. The van der Waals surface area contributed by atoms with Crippen molar-refractivity contribution in [2.24, 2.45) is 5.73 Å². The highest BCUT2D eigenvalue weighted by Crippen LogP contribution is 2.28. The minimum Gasteiger partial charge on any atom is -0.384 e. The molecule has 0 bridgehead atoms. The van der Waals surface area contributed by atoms with E-state index in [1.807, 2.05) is 19.1 Å². The summed E-state index contributed by atoms with van der Waals surface area (Å²) < 4.78 is 0. The Morgan fingerprint density at radius 1 is 1.47 bits per heavy atom. The van der Waals surface area contributed by atoms with Crippen LogP contribution in [0.15, 0.2) is 12.1 Å². The molecule has 2 rings (SSSR count). The third-order valence-electron chi connectivity index (χ3n) is 3.83. The summed E-state index contributed by atoms with van der Waals surface area (Å²) in [5.74, 6) is 1.02. The number of pyridine rings is 1. The number of nitrogens with two attached hydrogens (primary N) is 1. The maximum atomic E-state index is 7.74. The fraction of sp³-hybridized carbons (Fsp3) is 0.600. The summed E-state index contributed by atoms with van der Waals surface area (Å²) in [7, 11) is 0. The molecular weight excluding hydrogens is 236 g/mol. The molecule has 1 atom stereocenters. The lowest BCUT2D eigenvalue weighted by molar-refractivity contribution is 0.431. The Morgan fingerprint density at radius 3 is 2.95 bits per heavy atom. The Hall–Kier alpha value is -1.58. The average Bonchev–Trinajstić information content (AvgIpc) is 2.39. The summed E-state index contributed by atoms with van der Waals surface area (Å²) in [5, 5.41) is 7.74. The van der Waals surface area contributed by atoms with Crippen LogP contribution in [-0.2, 0) is 0 Å². The lowest BCUT2D eigenvalue weighted by Gasteiger charge is -2.37. The number of amidine groups is 1. The molecule has 1 saturated heterocycles. The van der Waals surface area contributed by atoms with E-state index in [0.717, 1.165) is 23.6 Å². The van der Waals surface area contributed by atoms with Gasteiger partial charge in [0.15, 0.2) is 0 Å². The Labute approximate surface area is 115 Å². The van der Waals surface area contributed by atoms with Crippen molar-refractivity contribution in [1.29, 1.82) is 5.41 Å². The maximum Gasteiger partial charge on any atom is 0.140 e. The van der Waals surface area contributed by atoms with E-state index in [1.54, 1.807) is 0 Å². The van der Waals surface area contributed by atoms with E-state index >= 15 is 0 Å². The van der Waals surface area contributed by atoms with Gasteiger partial charge in [-0.05, 0) is 44.7 Å². The number of nitrogens with zero attached hydrogens (tertiary/aromatic N) is 2. The average molecular weight is 260 g/mol. The normalized spacial score (nSPS) is 19.5. The molecule has 4 nitrogen and oxygen atoms in total. The van der Waals surface area contributed by atoms with Gasteiger partial charge in [-0.3, -0.25) is 5.41 Å². The molecule has 2 heterocycles. The van der Waals surface area contributed by atoms with E-state index in [1.165, 1.54) is 32.1 Å². The fourth-order valence-corrected chi connectivity index (χ4v) is 2.88. The summed E-state index contributed by atoms with van der Waals surface area (Å²) >= 11 is 0. The van der Waals surface area contributed by atoms with Crippen LogP contribution in [0.2, 0.25) is 0 Å². The zero-order valence-electron chi connectivity index (χ0n) is 11.9. The number of nitrogen functional groups attached to an aromatic ring is 1. The molecule has 4 heteroatoms. The first-order valence-electron chi connectivity index (χ1n) is 7.22. The highest BCUT2D eigenvalue weighted by molar-refractivity contribution is 5.99. The summed E-state index contributed by atoms with van der Waals surface area (Å²) in [4.78, 5) is 7.03. The van der Waals surface area contributed by atoms with Crippen LogP contribution in [0.5, 0.6) is 0 Å². The van der Waals surface area contributed by atoms with Gasteiger partial charge in [0.1, 0.15) is 11.7 Å². The molecule has 1 aliphatic heterocycles.